The summed E-state index contributed by atoms with van der Waals surface area (Å²) in [4.78, 5) is 13.7. The van der Waals surface area contributed by atoms with Gasteiger partial charge in [-0.15, -0.1) is 0 Å². The highest BCUT2D eigenvalue weighted by atomic mass is 15.2. The summed E-state index contributed by atoms with van der Waals surface area (Å²) in [5.74, 6) is 1.31. The van der Waals surface area contributed by atoms with Crippen LogP contribution in [0.4, 0.5) is 17.3 Å². The van der Waals surface area contributed by atoms with Crippen LogP contribution in [0.15, 0.2) is 85.3 Å². The number of anilines is 3. The van der Waals surface area contributed by atoms with Gasteiger partial charge >= 0.3 is 0 Å². The van der Waals surface area contributed by atoms with Crippen LogP contribution in [0, 0.1) is 0 Å². The molecule has 7 nitrogen and oxygen atoms in total. The van der Waals surface area contributed by atoms with E-state index in [1.165, 1.54) is 5.56 Å². The van der Waals surface area contributed by atoms with Crippen molar-refractivity contribution in [1.29, 1.82) is 0 Å². The number of hydrogen-bond donors (Lipinski definition) is 3. The molecule has 2 aromatic heterocycles. The van der Waals surface area contributed by atoms with E-state index in [9.17, 15) is 0 Å². The fraction of sp³-hybridized carbons (Fsp3) is 0.0800. The van der Waals surface area contributed by atoms with Crippen LogP contribution in [0.1, 0.15) is 18.5 Å². The Morgan fingerprint density at radius 2 is 1.62 bits per heavy atom. The highest BCUT2D eigenvalue weighted by Crippen LogP contribution is 2.28. The molecule has 5 rings (SSSR count). The lowest BCUT2D eigenvalue weighted by molar-refractivity contribution is 0.854. The van der Waals surface area contributed by atoms with Gasteiger partial charge < -0.3 is 16.8 Å². The molecule has 0 spiro atoms. The number of nitrogens with one attached hydrogen (secondary N) is 1. The third-order valence-electron chi connectivity index (χ3n) is 5.50. The highest BCUT2D eigenvalue weighted by molar-refractivity contribution is 5.84. The van der Waals surface area contributed by atoms with Gasteiger partial charge in [-0.2, -0.15) is 4.98 Å². The largest absolute Gasteiger partial charge is 0.397 e. The zero-order chi connectivity index (χ0) is 22.1. The lowest BCUT2D eigenvalue weighted by atomic mass is 10.0. The number of imidazole rings is 1. The zero-order valence-corrected chi connectivity index (χ0v) is 17.6. The summed E-state index contributed by atoms with van der Waals surface area (Å²) in [5, 5.41) is 3.37. The Labute approximate surface area is 185 Å². The van der Waals surface area contributed by atoms with Crippen molar-refractivity contribution in [2.45, 2.75) is 13.0 Å². The molecule has 3 aromatic carbocycles. The SMILES string of the molecule is CC(Nc1nccc(-n2cnc3cc(-c4ccc(N)c(N)c4)ccc32)n1)c1ccccc1. The molecule has 0 saturated carbocycles. The molecule has 5 aromatic rings. The first-order chi connectivity index (χ1) is 15.6. The quantitative estimate of drug-likeness (QED) is 0.351. The molecule has 1 unspecified atom stereocenters. The maximum atomic E-state index is 5.97. The van der Waals surface area contributed by atoms with Gasteiger partial charge in [0.25, 0.3) is 0 Å². The van der Waals surface area contributed by atoms with Crippen LogP contribution in [0.5, 0.6) is 0 Å². The fourth-order valence-electron chi connectivity index (χ4n) is 3.70. The fourth-order valence-corrected chi connectivity index (χ4v) is 3.70. The van der Waals surface area contributed by atoms with E-state index in [1.807, 2.05) is 65.2 Å². The number of nitrogen functional groups attached to an aromatic ring is 2. The van der Waals surface area contributed by atoms with Gasteiger partial charge in [0, 0.05) is 6.20 Å². The van der Waals surface area contributed by atoms with Crippen LogP contribution in [0.25, 0.3) is 28.0 Å². The second kappa shape index (κ2) is 8.03. The normalized spacial score (nSPS) is 12.0. The molecular weight excluding hydrogens is 398 g/mol. The van der Waals surface area contributed by atoms with Crippen molar-refractivity contribution in [3.05, 3.63) is 90.9 Å². The number of nitrogens with zero attached hydrogens (tertiary/aromatic N) is 4. The molecule has 0 amide bonds. The van der Waals surface area contributed by atoms with Gasteiger partial charge in [0.2, 0.25) is 5.95 Å². The summed E-state index contributed by atoms with van der Waals surface area (Å²) in [6.45, 7) is 2.09. The molecule has 0 fully saturated rings. The van der Waals surface area contributed by atoms with E-state index >= 15 is 0 Å². The summed E-state index contributed by atoms with van der Waals surface area (Å²) >= 11 is 0. The summed E-state index contributed by atoms with van der Waals surface area (Å²) in [6, 6.07) is 23.9. The average molecular weight is 422 g/mol. The maximum absolute atomic E-state index is 5.97. The van der Waals surface area contributed by atoms with E-state index in [-0.39, 0.29) is 6.04 Å². The Bertz CT molecular complexity index is 1390. The number of nitrogens with two attached hydrogens (primary N) is 2. The van der Waals surface area contributed by atoms with Gasteiger partial charge in [-0.05, 0) is 53.9 Å². The van der Waals surface area contributed by atoms with Crippen molar-refractivity contribution in [2.75, 3.05) is 16.8 Å². The van der Waals surface area contributed by atoms with Crippen LogP contribution in [-0.4, -0.2) is 19.5 Å². The minimum Gasteiger partial charge on any atom is -0.397 e. The van der Waals surface area contributed by atoms with Crippen LogP contribution >= 0.6 is 0 Å². The topological polar surface area (TPSA) is 108 Å². The Morgan fingerprint density at radius 1 is 0.844 bits per heavy atom. The van der Waals surface area contributed by atoms with Crippen LogP contribution in [-0.2, 0) is 0 Å². The smallest absolute Gasteiger partial charge is 0.225 e. The number of fused-ring (bicyclic) bond motifs is 1. The molecule has 2 heterocycles. The predicted molar refractivity (Wildman–Crippen MR) is 129 cm³/mol. The van der Waals surface area contributed by atoms with Gasteiger partial charge in [-0.1, -0.05) is 42.5 Å². The van der Waals surface area contributed by atoms with Crippen LogP contribution in [0.2, 0.25) is 0 Å². The lowest BCUT2D eigenvalue weighted by Crippen LogP contribution is -2.10. The molecule has 0 saturated heterocycles. The number of hydrogen-bond acceptors (Lipinski definition) is 6. The van der Waals surface area contributed by atoms with Gasteiger partial charge in [-0.3, -0.25) is 4.57 Å². The number of aromatic nitrogens is 4. The highest BCUT2D eigenvalue weighted by Gasteiger charge is 2.11. The molecule has 158 valence electrons. The molecular formula is C25H23N7. The first-order valence-corrected chi connectivity index (χ1v) is 10.4. The first kappa shape index (κ1) is 19.6. The molecule has 0 aliphatic carbocycles. The summed E-state index contributed by atoms with van der Waals surface area (Å²) < 4.78 is 1.95. The predicted octanol–water partition coefficient (Wildman–Crippen LogP) is 4.82. The third kappa shape index (κ3) is 3.72. The van der Waals surface area contributed by atoms with E-state index < -0.39 is 0 Å². The average Bonchev–Trinajstić information content (AvgIpc) is 3.25. The monoisotopic (exact) mass is 421 g/mol. The first-order valence-electron chi connectivity index (χ1n) is 10.4. The molecule has 32 heavy (non-hydrogen) atoms. The molecule has 0 aliphatic rings. The minimum atomic E-state index is 0.0842. The molecule has 0 radical (unpaired) electrons. The maximum Gasteiger partial charge on any atom is 0.225 e. The zero-order valence-electron chi connectivity index (χ0n) is 17.6. The van der Waals surface area contributed by atoms with Crippen molar-refractivity contribution in [3.8, 4) is 16.9 Å². The summed E-state index contributed by atoms with van der Waals surface area (Å²) in [6.07, 6.45) is 3.53. The van der Waals surface area contributed by atoms with E-state index in [0.29, 0.717) is 17.3 Å². The Hall–Kier alpha value is -4.39. The number of benzene rings is 3. The lowest BCUT2D eigenvalue weighted by Gasteiger charge is -2.14. The minimum absolute atomic E-state index is 0.0842. The molecule has 0 bridgehead atoms. The summed E-state index contributed by atoms with van der Waals surface area (Å²) in [7, 11) is 0. The van der Waals surface area contributed by atoms with Crippen molar-refractivity contribution in [1.82, 2.24) is 19.5 Å². The van der Waals surface area contributed by atoms with Gasteiger partial charge in [0.15, 0.2) is 0 Å². The standard InChI is InChI=1S/C25H23N7/c1-16(17-5-3-2-4-6-17)30-25-28-12-11-24(31-25)32-15-29-22-14-19(8-10-23(22)32)18-7-9-20(26)21(27)13-18/h2-16H,26-27H2,1H3,(H,28,30,31). The second-order valence-electron chi connectivity index (χ2n) is 7.68. The van der Waals surface area contributed by atoms with E-state index in [4.69, 9.17) is 16.5 Å². The van der Waals surface area contributed by atoms with Crippen LogP contribution in [0.3, 0.4) is 0 Å². The van der Waals surface area contributed by atoms with Gasteiger partial charge in [0.05, 0.1) is 28.5 Å². The molecule has 1 atom stereocenters. The van der Waals surface area contributed by atoms with E-state index in [0.717, 1.165) is 28.0 Å². The second-order valence-corrected chi connectivity index (χ2v) is 7.68. The summed E-state index contributed by atoms with van der Waals surface area (Å²) in [5.41, 5.74) is 18.0. The third-order valence-corrected chi connectivity index (χ3v) is 5.50. The van der Waals surface area contributed by atoms with Gasteiger partial charge in [-0.25, -0.2) is 9.97 Å². The van der Waals surface area contributed by atoms with E-state index in [2.05, 4.69) is 34.3 Å². The number of rotatable bonds is 5. The Balaban J connectivity index is 1.45. The Kier molecular flexibility index (Phi) is 4.91. The molecule has 0 aliphatic heterocycles. The van der Waals surface area contributed by atoms with Gasteiger partial charge in [0.1, 0.15) is 12.1 Å². The van der Waals surface area contributed by atoms with E-state index in [1.54, 1.807) is 12.5 Å². The van der Waals surface area contributed by atoms with Crippen LogP contribution < -0.4 is 16.8 Å². The van der Waals surface area contributed by atoms with Crippen molar-refractivity contribution in [2.24, 2.45) is 0 Å². The molecule has 5 N–H and O–H groups in total. The van der Waals surface area contributed by atoms with Crippen molar-refractivity contribution in [3.63, 3.8) is 0 Å². The van der Waals surface area contributed by atoms with Crippen molar-refractivity contribution < 1.29 is 0 Å². The van der Waals surface area contributed by atoms with Crippen molar-refractivity contribution >= 4 is 28.4 Å². The Morgan fingerprint density at radius 3 is 2.44 bits per heavy atom. The molecule has 7 heteroatoms.